The molecular formula is C54H70O2. The highest BCUT2D eigenvalue weighted by atomic mass is 16.5. The second-order valence-electron chi connectivity index (χ2n) is 16.7. The molecule has 6 rings (SSSR count). The number of hydrogen-bond donors (Lipinski definition) is 0. The Hall–Kier alpha value is -4.04. The molecule has 0 spiro atoms. The summed E-state index contributed by atoms with van der Waals surface area (Å²) in [6.45, 7) is 10.5. The molecule has 0 amide bonds. The molecule has 0 heterocycles. The molecule has 0 aromatic heterocycles. The molecule has 298 valence electrons. The van der Waals surface area contributed by atoms with E-state index >= 15 is 0 Å². The van der Waals surface area contributed by atoms with Gasteiger partial charge in [-0.2, -0.15) is 0 Å². The van der Waals surface area contributed by atoms with Crippen LogP contribution in [0.5, 0.6) is 11.5 Å². The average Bonchev–Trinajstić information content (AvgIpc) is 3.21. The van der Waals surface area contributed by atoms with Crippen LogP contribution in [0.4, 0.5) is 0 Å². The van der Waals surface area contributed by atoms with Gasteiger partial charge in [0.2, 0.25) is 0 Å². The number of benzene rings is 6. The number of hydrogen-bond acceptors (Lipinski definition) is 2. The van der Waals surface area contributed by atoms with Gasteiger partial charge in [-0.25, -0.2) is 0 Å². The Bertz CT molecular complexity index is 1970. The van der Waals surface area contributed by atoms with Crippen LogP contribution in [0.25, 0.3) is 54.2 Å². The van der Waals surface area contributed by atoms with Gasteiger partial charge in [0, 0.05) is 21.5 Å². The minimum absolute atomic E-state index is 0.749. The van der Waals surface area contributed by atoms with Crippen molar-refractivity contribution >= 4 is 43.1 Å². The molecule has 0 aliphatic rings. The molecule has 6 aromatic carbocycles. The third-order valence-electron chi connectivity index (χ3n) is 12.0. The van der Waals surface area contributed by atoms with Crippen molar-refractivity contribution in [3.05, 3.63) is 96.1 Å². The van der Waals surface area contributed by atoms with E-state index in [1.807, 2.05) is 0 Å². The summed E-state index contributed by atoms with van der Waals surface area (Å²) in [4.78, 5) is 0. The van der Waals surface area contributed by atoms with Crippen LogP contribution in [0.3, 0.4) is 0 Å². The average molecular weight is 751 g/mol. The first-order valence-corrected chi connectivity index (χ1v) is 22.8. The van der Waals surface area contributed by atoms with Crippen molar-refractivity contribution in [1.82, 2.24) is 0 Å². The molecule has 0 saturated carbocycles. The fraction of sp³-hybridized carbons (Fsp3) is 0.481. The molecule has 0 N–H and O–H groups in total. The normalized spacial score (nSPS) is 11.7. The van der Waals surface area contributed by atoms with Gasteiger partial charge in [0.25, 0.3) is 0 Å². The third-order valence-corrected chi connectivity index (χ3v) is 12.0. The zero-order chi connectivity index (χ0) is 39.0. The van der Waals surface area contributed by atoms with Gasteiger partial charge < -0.3 is 9.47 Å². The van der Waals surface area contributed by atoms with E-state index in [0.717, 1.165) is 37.6 Å². The van der Waals surface area contributed by atoms with Crippen molar-refractivity contribution in [2.75, 3.05) is 13.2 Å². The lowest BCUT2D eigenvalue weighted by atomic mass is 9.84. The topological polar surface area (TPSA) is 18.5 Å². The number of ether oxygens (including phenoxy) is 2. The first-order valence-electron chi connectivity index (χ1n) is 22.8. The van der Waals surface area contributed by atoms with Crippen molar-refractivity contribution in [2.45, 2.75) is 156 Å². The summed E-state index contributed by atoms with van der Waals surface area (Å²) in [5.41, 5.74) is 5.10. The van der Waals surface area contributed by atoms with Crippen LogP contribution < -0.4 is 9.47 Å². The van der Waals surface area contributed by atoms with Crippen LogP contribution in [0.2, 0.25) is 0 Å². The van der Waals surface area contributed by atoms with E-state index in [1.165, 1.54) is 181 Å². The van der Waals surface area contributed by atoms with Gasteiger partial charge in [-0.15, -0.1) is 0 Å². The molecule has 0 radical (unpaired) electrons. The lowest BCUT2D eigenvalue weighted by molar-refractivity contribution is 0.311. The minimum atomic E-state index is 0.749. The first-order chi connectivity index (χ1) is 27.6. The predicted molar refractivity (Wildman–Crippen MR) is 246 cm³/mol. The molecule has 0 aliphatic heterocycles. The van der Waals surface area contributed by atoms with Crippen LogP contribution in [-0.2, 0) is 0 Å². The molecule has 6 aromatic rings. The first kappa shape index (κ1) is 41.6. The zero-order valence-corrected chi connectivity index (χ0v) is 35.5. The summed E-state index contributed by atoms with van der Waals surface area (Å²) >= 11 is 0. The van der Waals surface area contributed by atoms with Gasteiger partial charge in [0.1, 0.15) is 11.5 Å². The van der Waals surface area contributed by atoms with Gasteiger partial charge in [0.15, 0.2) is 0 Å². The Balaban J connectivity index is 1.28. The van der Waals surface area contributed by atoms with Gasteiger partial charge in [0.05, 0.1) is 13.2 Å². The van der Waals surface area contributed by atoms with Gasteiger partial charge in [-0.05, 0) is 59.4 Å². The lowest BCUT2D eigenvalue weighted by Crippen LogP contribution is -2.02. The second-order valence-corrected chi connectivity index (χ2v) is 16.7. The number of rotatable bonds is 25. The monoisotopic (exact) mass is 751 g/mol. The Morgan fingerprint density at radius 2 is 0.625 bits per heavy atom. The fourth-order valence-corrected chi connectivity index (χ4v) is 8.88. The number of unbranched alkanes of at least 4 members (excludes halogenated alkanes) is 18. The van der Waals surface area contributed by atoms with E-state index in [4.69, 9.17) is 9.47 Å². The van der Waals surface area contributed by atoms with Crippen LogP contribution in [0, 0.1) is 13.8 Å². The van der Waals surface area contributed by atoms with Crippen LogP contribution in [0.15, 0.2) is 84.9 Å². The van der Waals surface area contributed by atoms with E-state index in [-0.39, 0.29) is 0 Å². The molecule has 2 nitrogen and oxygen atoms in total. The summed E-state index contributed by atoms with van der Waals surface area (Å²) in [6, 6.07) is 31.8. The van der Waals surface area contributed by atoms with Crippen molar-refractivity contribution in [2.24, 2.45) is 0 Å². The van der Waals surface area contributed by atoms with E-state index in [0.29, 0.717) is 0 Å². The van der Waals surface area contributed by atoms with Crippen molar-refractivity contribution in [3.8, 4) is 22.6 Å². The Labute approximate surface area is 339 Å². The number of fused-ring (bicyclic) bond motifs is 4. The van der Waals surface area contributed by atoms with Crippen LogP contribution in [0.1, 0.15) is 153 Å². The minimum Gasteiger partial charge on any atom is -0.492 e. The van der Waals surface area contributed by atoms with Gasteiger partial charge in [-0.3, -0.25) is 0 Å². The fourth-order valence-electron chi connectivity index (χ4n) is 8.88. The van der Waals surface area contributed by atoms with Crippen molar-refractivity contribution in [3.63, 3.8) is 0 Å². The summed E-state index contributed by atoms with van der Waals surface area (Å²) in [6.07, 6.45) is 26.5. The van der Waals surface area contributed by atoms with E-state index in [2.05, 4.69) is 113 Å². The predicted octanol–water partition coefficient (Wildman–Crippen LogP) is 17.2. The second kappa shape index (κ2) is 22.0. The highest BCUT2D eigenvalue weighted by molar-refractivity contribution is 6.26. The van der Waals surface area contributed by atoms with E-state index in [1.54, 1.807) is 0 Å². The Kier molecular flexibility index (Phi) is 16.4. The van der Waals surface area contributed by atoms with E-state index < -0.39 is 0 Å². The molecule has 0 atom stereocenters. The third kappa shape index (κ3) is 10.7. The summed E-state index contributed by atoms with van der Waals surface area (Å²) in [5, 5.41) is 9.79. The Morgan fingerprint density at radius 3 is 0.982 bits per heavy atom. The van der Waals surface area contributed by atoms with E-state index in [9.17, 15) is 0 Å². The standard InChI is InChI=1S/C54H70O2/c1-5-7-9-11-13-15-17-19-21-27-37-55-53-45-31-25-23-29-43(45)51(49-39-41(3)33-35-47(49)53)52-44-30-24-26-32-46(44)54(48-36-34-42(4)40-50(48)52)56-38-28-22-20-18-16-14-12-10-8-6-2/h23-26,29-36,39-40H,5-22,27-28,37-38H2,1-4H3. The maximum absolute atomic E-state index is 6.83. The Morgan fingerprint density at radius 1 is 0.321 bits per heavy atom. The highest BCUT2D eigenvalue weighted by Gasteiger charge is 2.22. The molecule has 0 unspecified atom stereocenters. The summed E-state index contributed by atoms with van der Waals surface area (Å²) < 4.78 is 13.7. The maximum atomic E-state index is 6.83. The summed E-state index contributed by atoms with van der Waals surface area (Å²) in [7, 11) is 0. The molecule has 56 heavy (non-hydrogen) atoms. The molecule has 0 aliphatic carbocycles. The van der Waals surface area contributed by atoms with Gasteiger partial charge in [-0.1, -0.05) is 225 Å². The lowest BCUT2D eigenvalue weighted by Gasteiger charge is -2.22. The largest absolute Gasteiger partial charge is 0.492 e. The summed E-state index contributed by atoms with van der Waals surface area (Å²) in [5.74, 6) is 2.05. The molecule has 0 fully saturated rings. The van der Waals surface area contributed by atoms with Crippen LogP contribution in [-0.4, -0.2) is 13.2 Å². The molecule has 2 heteroatoms. The highest BCUT2D eigenvalue weighted by Crippen LogP contribution is 2.50. The van der Waals surface area contributed by atoms with Crippen LogP contribution >= 0.6 is 0 Å². The quantitative estimate of drug-likeness (QED) is 0.0428. The van der Waals surface area contributed by atoms with Crippen molar-refractivity contribution < 1.29 is 9.47 Å². The SMILES string of the molecule is CCCCCCCCCCCCOc1c2ccccc2c(-c2c3ccccc3c(OCCCCCCCCCCCC)c3ccc(C)cc23)c2cc(C)ccc12. The van der Waals surface area contributed by atoms with Gasteiger partial charge >= 0.3 is 0 Å². The maximum Gasteiger partial charge on any atom is 0.134 e. The molecule has 0 bridgehead atoms. The molecule has 0 saturated heterocycles. The molecular weight excluding hydrogens is 681 g/mol. The number of aryl methyl sites for hydroxylation is 2. The van der Waals surface area contributed by atoms with Crippen molar-refractivity contribution in [1.29, 1.82) is 0 Å². The smallest absolute Gasteiger partial charge is 0.134 e. The zero-order valence-electron chi connectivity index (χ0n) is 35.5.